The van der Waals surface area contributed by atoms with Crippen molar-refractivity contribution in [3.8, 4) is 0 Å². The average Bonchev–Trinajstić information content (AvgIpc) is 2.85. The molecule has 1 nitrogen and oxygen atoms in total. The Labute approximate surface area is 127 Å². The van der Waals surface area contributed by atoms with Gasteiger partial charge in [0.05, 0.1) is 3.79 Å². The molecule has 19 heavy (non-hydrogen) atoms. The van der Waals surface area contributed by atoms with E-state index >= 15 is 0 Å². The van der Waals surface area contributed by atoms with Crippen LogP contribution in [0.5, 0.6) is 0 Å². The maximum absolute atomic E-state index is 10.3. The van der Waals surface area contributed by atoms with E-state index in [0.29, 0.717) is 0 Å². The Balaban J connectivity index is 2.23. The van der Waals surface area contributed by atoms with Crippen LogP contribution in [-0.4, -0.2) is 5.11 Å². The molecular formula is C16H19BrOS. The van der Waals surface area contributed by atoms with Crippen molar-refractivity contribution in [3.05, 3.63) is 56.2 Å². The van der Waals surface area contributed by atoms with Crippen molar-refractivity contribution in [3.63, 3.8) is 0 Å². The van der Waals surface area contributed by atoms with Crippen LogP contribution < -0.4 is 0 Å². The molecule has 0 radical (unpaired) electrons. The molecule has 0 aliphatic rings. The van der Waals surface area contributed by atoms with Gasteiger partial charge in [0.15, 0.2) is 0 Å². The van der Waals surface area contributed by atoms with E-state index in [4.69, 9.17) is 0 Å². The van der Waals surface area contributed by atoms with E-state index in [9.17, 15) is 5.11 Å². The molecule has 3 heteroatoms. The molecule has 0 aliphatic heterocycles. The molecule has 0 bridgehead atoms. The fourth-order valence-electron chi connectivity index (χ4n) is 1.96. The number of halogens is 1. The van der Waals surface area contributed by atoms with Crippen LogP contribution in [-0.2, 0) is 5.41 Å². The van der Waals surface area contributed by atoms with Gasteiger partial charge in [0.25, 0.3) is 0 Å². The third-order valence-electron chi connectivity index (χ3n) is 3.76. The SMILES string of the molecule is CCC(C)(C)c1ccc(C(O)c2ccc(Br)s2)cc1. The normalized spacial score (nSPS) is 13.5. The summed E-state index contributed by atoms with van der Waals surface area (Å²) in [4.78, 5) is 0.967. The summed E-state index contributed by atoms with van der Waals surface area (Å²) < 4.78 is 1.05. The van der Waals surface area contributed by atoms with Gasteiger partial charge in [-0.15, -0.1) is 11.3 Å². The molecule has 1 heterocycles. The fraction of sp³-hybridized carbons (Fsp3) is 0.375. The molecule has 1 unspecified atom stereocenters. The van der Waals surface area contributed by atoms with Crippen molar-refractivity contribution >= 4 is 27.3 Å². The van der Waals surface area contributed by atoms with Crippen LogP contribution >= 0.6 is 27.3 Å². The van der Waals surface area contributed by atoms with Crippen molar-refractivity contribution in [2.45, 2.75) is 38.7 Å². The molecule has 0 aliphatic carbocycles. The number of aliphatic hydroxyl groups is 1. The van der Waals surface area contributed by atoms with Crippen LogP contribution in [0.2, 0.25) is 0 Å². The van der Waals surface area contributed by atoms with E-state index < -0.39 is 6.10 Å². The van der Waals surface area contributed by atoms with Crippen LogP contribution in [0.3, 0.4) is 0 Å². The highest BCUT2D eigenvalue weighted by atomic mass is 79.9. The van der Waals surface area contributed by atoms with Gasteiger partial charge in [-0.05, 0) is 51.0 Å². The Morgan fingerprint density at radius 3 is 2.26 bits per heavy atom. The Morgan fingerprint density at radius 2 is 1.79 bits per heavy atom. The lowest BCUT2D eigenvalue weighted by Gasteiger charge is -2.23. The molecule has 0 fully saturated rings. The summed E-state index contributed by atoms with van der Waals surface area (Å²) in [7, 11) is 0. The lowest BCUT2D eigenvalue weighted by molar-refractivity contribution is 0.224. The molecule has 1 aromatic heterocycles. The quantitative estimate of drug-likeness (QED) is 0.803. The minimum absolute atomic E-state index is 0.190. The van der Waals surface area contributed by atoms with Crippen molar-refractivity contribution in [2.24, 2.45) is 0 Å². The first-order valence-electron chi connectivity index (χ1n) is 6.48. The van der Waals surface area contributed by atoms with Gasteiger partial charge in [-0.1, -0.05) is 45.0 Å². The third-order valence-corrected chi connectivity index (χ3v) is 5.43. The van der Waals surface area contributed by atoms with Crippen LogP contribution in [0.4, 0.5) is 0 Å². The van der Waals surface area contributed by atoms with Gasteiger partial charge in [-0.25, -0.2) is 0 Å². The number of hydrogen-bond donors (Lipinski definition) is 1. The van der Waals surface area contributed by atoms with Crippen molar-refractivity contribution < 1.29 is 5.11 Å². The maximum Gasteiger partial charge on any atom is 0.113 e. The Kier molecular flexibility index (Phi) is 4.49. The first-order chi connectivity index (χ1) is 8.94. The Bertz CT molecular complexity index is 542. The molecule has 0 spiro atoms. The third kappa shape index (κ3) is 3.28. The zero-order valence-corrected chi connectivity index (χ0v) is 13.9. The van der Waals surface area contributed by atoms with Gasteiger partial charge < -0.3 is 5.11 Å². The van der Waals surface area contributed by atoms with Gasteiger partial charge in [0, 0.05) is 4.88 Å². The smallest absolute Gasteiger partial charge is 0.113 e. The van der Waals surface area contributed by atoms with E-state index in [1.165, 1.54) is 5.56 Å². The van der Waals surface area contributed by atoms with E-state index in [1.807, 2.05) is 24.3 Å². The molecule has 1 aromatic carbocycles. The molecule has 2 aromatic rings. The lowest BCUT2D eigenvalue weighted by atomic mass is 9.82. The number of hydrogen-bond acceptors (Lipinski definition) is 2. The first-order valence-corrected chi connectivity index (χ1v) is 8.08. The predicted molar refractivity (Wildman–Crippen MR) is 85.8 cm³/mol. The second kappa shape index (κ2) is 5.78. The highest BCUT2D eigenvalue weighted by molar-refractivity contribution is 9.11. The monoisotopic (exact) mass is 338 g/mol. The number of rotatable bonds is 4. The molecule has 1 N–H and O–H groups in total. The first kappa shape index (κ1) is 14.8. The summed E-state index contributed by atoms with van der Waals surface area (Å²) in [5, 5.41) is 10.3. The van der Waals surface area contributed by atoms with Crippen LogP contribution in [0, 0.1) is 0 Å². The molecule has 102 valence electrons. The summed E-state index contributed by atoms with van der Waals surface area (Å²) in [6, 6.07) is 12.3. The van der Waals surface area contributed by atoms with Gasteiger partial charge >= 0.3 is 0 Å². The number of aliphatic hydroxyl groups excluding tert-OH is 1. The fourth-order valence-corrected chi connectivity index (χ4v) is 3.40. The number of benzene rings is 1. The van der Waals surface area contributed by atoms with Gasteiger partial charge in [0.1, 0.15) is 6.10 Å². The van der Waals surface area contributed by atoms with E-state index in [-0.39, 0.29) is 5.41 Å². The minimum Gasteiger partial charge on any atom is -0.383 e. The van der Waals surface area contributed by atoms with E-state index in [1.54, 1.807) is 11.3 Å². The van der Waals surface area contributed by atoms with Crippen LogP contribution in [0.25, 0.3) is 0 Å². The van der Waals surface area contributed by atoms with Crippen LogP contribution in [0.1, 0.15) is 49.3 Å². The molecule has 0 saturated heterocycles. The molecule has 0 saturated carbocycles. The zero-order chi connectivity index (χ0) is 14.0. The summed E-state index contributed by atoms with van der Waals surface area (Å²) in [5.41, 5.74) is 2.46. The van der Waals surface area contributed by atoms with Gasteiger partial charge in [-0.3, -0.25) is 0 Å². The summed E-state index contributed by atoms with van der Waals surface area (Å²) >= 11 is 5.00. The minimum atomic E-state index is -0.532. The second-order valence-electron chi connectivity index (χ2n) is 5.40. The Morgan fingerprint density at radius 1 is 1.16 bits per heavy atom. The standard InChI is InChI=1S/C16H19BrOS/c1-4-16(2,3)12-7-5-11(6-8-12)15(18)13-9-10-14(17)19-13/h5-10,15,18H,4H2,1-3H3. The van der Waals surface area contributed by atoms with Crippen molar-refractivity contribution in [1.82, 2.24) is 0 Å². The van der Waals surface area contributed by atoms with Crippen molar-refractivity contribution in [2.75, 3.05) is 0 Å². The van der Waals surface area contributed by atoms with Crippen LogP contribution in [0.15, 0.2) is 40.2 Å². The lowest BCUT2D eigenvalue weighted by Crippen LogP contribution is -2.15. The van der Waals surface area contributed by atoms with Crippen molar-refractivity contribution in [1.29, 1.82) is 0 Å². The molecular weight excluding hydrogens is 320 g/mol. The zero-order valence-electron chi connectivity index (χ0n) is 11.5. The van der Waals surface area contributed by atoms with E-state index in [2.05, 4.69) is 48.8 Å². The van der Waals surface area contributed by atoms with E-state index in [0.717, 1.165) is 20.6 Å². The maximum atomic E-state index is 10.3. The highest BCUT2D eigenvalue weighted by Crippen LogP contribution is 2.33. The summed E-state index contributed by atoms with van der Waals surface area (Å²) in [5.74, 6) is 0. The molecule has 2 rings (SSSR count). The molecule has 0 amide bonds. The highest BCUT2D eigenvalue weighted by Gasteiger charge is 2.19. The largest absolute Gasteiger partial charge is 0.383 e. The average molecular weight is 339 g/mol. The Hall–Kier alpha value is -0.640. The summed E-state index contributed by atoms with van der Waals surface area (Å²) in [6.07, 6.45) is 0.572. The topological polar surface area (TPSA) is 20.2 Å². The number of thiophene rings is 1. The van der Waals surface area contributed by atoms with Gasteiger partial charge in [-0.2, -0.15) is 0 Å². The summed E-state index contributed by atoms with van der Waals surface area (Å²) in [6.45, 7) is 6.69. The second-order valence-corrected chi connectivity index (χ2v) is 7.90. The molecule has 1 atom stereocenters. The van der Waals surface area contributed by atoms with Gasteiger partial charge in [0.2, 0.25) is 0 Å². The predicted octanol–water partition coefficient (Wildman–Crippen LogP) is 5.28.